The number of carbonyl (C=O) groups excluding carboxylic acids is 2. The largest absolute Gasteiger partial charge is 0.506 e. The fourth-order valence-electron chi connectivity index (χ4n) is 2.58. The van der Waals surface area contributed by atoms with Crippen molar-refractivity contribution >= 4 is 29.3 Å². The minimum absolute atomic E-state index is 0.124. The second kappa shape index (κ2) is 7.85. The summed E-state index contributed by atoms with van der Waals surface area (Å²) in [5.41, 5.74) is 0.581. The molecule has 0 bridgehead atoms. The van der Waals surface area contributed by atoms with Crippen LogP contribution >= 0.6 is 0 Å². The summed E-state index contributed by atoms with van der Waals surface area (Å²) in [6, 6.07) is 7.24. The second-order valence-corrected chi connectivity index (χ2v) is 5.91. The molecule has 0 radical (unpaired) electrons. The summed E-state index contributed by atoms with van der Waals surface area (Å²) in [7, 11) is 0. The van der Waals surface area contributed by atoms with E-state index in [1.165, 1.54) is 36.6 Å². The predicted octanol–water partition coefficient (Wildman–Crippen LogP) is 1.30. The summed E-state index contributed by atoms with van der Waals surface area (Å²) >= 11 is 0. The molecule has 8 heteroatoms. The highest BCUT2D eigenvalue weighted by Crippen LogP contribution is 2.27. The zero-order chi connectivity index (χ0) is 18.5. The van der Waals surface area contributed by atoms with Crippen LogP contribution in [0.25, 0.3) is 6.08 Å². The third-order valence-electron chi connectivity index (χ3n) is 3.89. The molecule has 5 N–H and O–H groups in total. The SMILES string of the molecule is O=C(C=Cc1ccco1)Nc1ccc(O)c(NC(=O)[C@@H]2C[C@@H](O)CN2)c1. The lowest BCUT2D eigenvalue weighted by atomic mass is 10.2. The number of aliphatic hydroxyl groups excluding tert-OH is 1. The van der Waals surface area contributed by atoms with Crippen molar-refractivity contribution in [3.63, 3.8) is 0 Å². The number of rotatable bonds is 5. The van der Waals surface area contributed by atoms with E-state index < -0.39 is 12.1 Å². The molecule has 1 aliphatic rings. The third-order valence-corrected chi connectivity index (χ3v) is 3.89. The number of carbonyl (C=O) groups is 2. The van der Waals surface area contributed by atoms with Crippen molar-refractivity contribution in [3.05, 3.63) is 48.4 Å². The van der Waals surface area contributed by atoms with Gasteiger partial charge in [-0.3, -0.25) is 9.59 Å². The number of benzene rings is 1. The highest BCUT2D eigenvalue weighted by Gasteiger charge is 2.28. The van der Waals surface area contributed by atoms with E-state index in [-0.39, 0.29) is 23.3 Å². The maximum Gasteiger partial charge on any atom is 0.248 e. The number of anilines is 2. The van der Waals surface area contributed by atoms with Crippen molar-refractivity contribution in [3.8, 4) is 5.75 Å². The van der Waals surface area contributed by atoms with E-state index in [0.29, 0.717) is 24.4 Å². The summed E-state index contributed by atoms with van der Waals surface area (Å²) in [5.74, 6) is -0.325. The minimum Gasteiger partial charge on any atom is -0.506 e. The Morgan fingerprint density at radius 3 is 2.81 bits per heavy atom. The topological polar surface area (TPSA) is 124 Å². The van der Waals surface area contributed by atoms with E-state index in [1.54, 1.807) is 12.1 Å². The molecule has 0 unspecified atom stereocenters. The van der Waals surface area contributed by atoms with Crippen molar-refractivity contribution in [2.75, 3.05) is 17.2 Å². The molecule has 0 saturated carbocycles. The third kappa shape index (κ3) is 4.50. The zero-order valence-electron chi connectivity index (χ0n) is 13.8. The monoisotopic (exact) mass is 357 g/mol. The van der Waals surface area contributed by atoms with Crippen LogP contribution in [0.1, 0.15) is 12.2 Å². The predicted molar refractivity (Wildman–Crippen MR) is 95.5 cm³/mol. The van der Waals surface area contributed by atoms with Gasteiger partial charge in [0.1, 0.15) is 11.5 Å². The fourth-order valence-corrected chi connectivity index (χ4v) is 2.58. The zero-order valence-corrected chi connectivity index (χ0v) is 13.8. The van der Waals surface area contributed by atoms with Crippen molar-refractivity contribution in [1.82, 2.24) is 5.32 Å². The van der Waals surface area contributed by atoms with Gasteiger partial charge < -0.3 is 30.6 Å². The number of aliphatic hydroxyl groups is 1. The van der Waals surface area contributed by atoms with Crippen LogP contribution in [0.2, 0.25) is 0 Å². The van der Waals surface area contributed by atoms with Crippen LogP contribution in [0.4, 0.5) is 11.4 Å². The van der Waals surface area contributed by atoms with E-state index in [1.807, 2.05) is 0 Å². The molecule has 1 aliphatic heterocycles. The maximum absolute atomic E-state index is 12.2. The lowest BCUT2D eigenvalue weighted by molar-refractivity contribution is -0.118. The Balaban J connectivity index is 1.63. The summed E-state index contributed by atoms with van der Waals surface area (Å²) < 4.78 is 5.10. The number of nitrogens with one attached hydrogen (secondary N) is 3. The Bertz CT molecular complexity index is 816. The minimum atomic E-state index is -0.564. The molecule has 26 heavy (non-hydrogen) atoms. The molecule has 1 fully saturated rings. The van der Waals surface area contributed by atoms with E-state index in [0.717, 1.165) is 0 Å². The Hall–Kier alpha value is -3.10. The molecule has 2 aromatic rings. The summed E-state index contributed by atoms with van der Waals surface area (Å²) in [6.45, 7) is 0.349. The van der Waals surface area contributed by atoms with Crippen LogP contribution < -0.4 is 16.0 Å². The number of amides is 2. The molecule has 0 spiro atoms. The molecule has 1 aromatic heterocycles. The number of aromatic hydroxyl groups is 1. The fraction of sp³-hybridized carbons (Fsp3) is 0.222. The Labute approximate surface area is 149 Å². The average Bonchev–Trinajstić information content (AvgIpc) is 3.27. The van der Waals surface area contributed by atoms with E-state index in [4.69, 9.17) is 4.42 Å². The molecule has 1 saturated heterocycles. The van der Waals surface area contributed by atoms with Gasteiger partial charge in [0, 0.05) is 18.3 Å². The number of phenolic OH excluding ortho intramolecular Hbond substituents is 1. The first-order chi connectivity index (χ1) is 12.5. The average molecular weight is 357 g/mol. The van der Waals surface area contributed by atoms with E-state index in [9.17, 15) is 19.8 Å². The van der Waals surface area contributed by atoms with Gasteiger partial charge in [-0.2, -0.15) is 0 Å². The highest BCUT2D eigenvalue weighted by atomic mass is 16.3. The first-order valence-electron chi connectivity index (χ1n) is 8.09. The van der Waals surface area contributed by atoms with Crippen LogP contribution in [0.15, 0.2) is 47.1 Å². The van der Waals surface area contributed by atoms with Gasteiger partial charge in [0.05, 0.1) is 24.1 Å². The molecule has 1 aromatic carbocycles. The molecular weight excluding hydrogens is 338 g/mol. The number of phenols is 1. The van der Waals surface area contributed by atoms with Gasteiger partial charge in [-0.05, 0) is 42.8 Å². The lowest BCUT2D eigenvalue weighted by Crippen LogP contribution is -2.35. The van der Waals surface area contributed by atoms with Gasteiger partial charge in [0.2, 0.25) is 11.8 Å². The summed E-state index contributed by atoms with van der Waals surface area (Å²) in [6.07, 6.45) is 4.08. The number of hydrogen-bond donors (Lipinski definition) is 5. The van der Waals surface area contributed by atoms with Gasteiger partial charge in [-0.1, -0.05) is 0 Å². The maximum atomic E-state index is 12.2. The van der Waals surface area contributed by atoms with Gasteiger partial charge in [0.15, 0.2) is 0 Å². The first-order valence-corrected chi connectivity index (χ1v) is 8.09. The molecule has 136 valence electrons. The molecular formula is C18H19N3O5. The van der Waals surface area contributed by atoms with Crippen LogP contribution in [-0.4, -0.2) is 40.7 Å². The standard InChI is InChI=1S/C18H19N3O5/c22-12-9-15(19-10-12)18(25)21-14-8-11(3-5-16(14)23)20-17(24)6-4-13-2-1-7-26-13/h1-8,12,15,19,22-23H,9-10H2,(H,20,24)(H,21,25)/t12-,15+/m1/s1. The van der Waals surface area contributed by atoms with Crippen LogP contribution in [0, 0.1) is 0 Å². The molecule has 8 nitrogen and oxygen atoms in total. The Morgan fingerprint density at radius 2 is 2.12 bits per heavy atom. The van der Waals surface area contributed by atoms with E-state index >= 15 is 0 Å². The van der Waals surface area contributed by atoms with Crippen molar-refractivity contribution in [1.29, 1.82) is 0 Å². The first kappa shape index (κ1) is 17.7. The lowest BCUT2D eigenvalue weighted by Gasteiger charge is -2.13. The molecule has 2 amide bonds. The van der Waals surface area contributed by atoms with Crippen molar-refractivity contribution in [2.45, 2.75) is 18.6 Å². The summed E-state index contributed by atoms with van der Waals surface area (Å²) in [4.78, 5) is 24.1. The molecule has 3 rings (SSSR count). The van der Waals surface area contributed by atoms with Crippen molar-refractivity contribution < 1.29 is 24.2 Å². The quantitative estimate of drug-likeness (QED) is 0.312. The van der Waals surface area contributed by atoms with Crippen LogP contribution in [0.5, 0.6) is 5.75 Å². The number of β-amino-alcohol motifs (C(OH)–C–C–N with tert-alkyl or cyclic N) is 1. The van der Waals surface area contributed by atoms with Gasteiger partial charge in [-0.25, -0.2) is 0 Å². The molecule has 2 heterocycles. The van der Waals surface area contributed by atoms with E-state index in [2.05, 4.69) is 16.0 Å². The number of hydrogen-bond acceptors (Lipinski definition) is 6. The van der Waals surface area contributed by atoms with Gasteiger partial charge in [0.25, 0.3) is 0 Å². The number of furan rings is 1. The van der Waals surface area contributed by atoms with Crippen molar-refractivity contribution in [2.24, 2.45) is 0 Å². The molecule has 2 atom stereocenters. The van der Waals surface area contributed by atoms with Gasteiger partial charge in [-0.15, -0.1) is 0 Å². The summed E-state index contributed by atoms with van der Waals surface area (Å²) in [5, 5.41) is 27.5. The Morgan fingerprint density at radius 1 is 1.27 bits per heavy atom. The van der Waals surface area contributed by atoms with Gasteiger partial charge >= 0.3 is 0 Å². The second-order valence-electron chi connectivity index (χ2n) is 5.91. The van der Waals surface area contributed by atoms with Crippen LogP contribution in [0.3, 0.4) is 0 Å². The normalized spacial score (nSPS) is 19.6. The molecule has 0 aliphatic carbocycles. The highest BCUT2D eigenvalue weighted by molar-refractivity contribution is 6.03. The Kier molecular flexibility index (Phi) is 5.35. The smallest absolute Gasteiger partial charge is 0.248 e. The van der Waals surface area contributed by atoms with Crippen LogP contribution in [-0.2, 0) is 9.59 Å².